The number of anilines is 6. The summed E-state index contributed by atoms with van der Waals surface area (Å²) in [7, 11) is 0. The molecule has 2 aliphatic rings. The van der Waals surface area contributed by atoms with Crippen LogP contribution in [0.25, 0.3) is 45.5 Å². The molecule has 0 aromatic heterocycles. The average molecular weight is 1280 g/mol. The first-order valence-corrected chi connectivity index (χ1v) is 32.7. The lowest BCUT2D eigenvalue weighted by Gasteiger charge is -2.35. The Kier molecular flexibility index (Phi) is 15.5. The third kappa shape index (κ3) is 10.7. The third-order valence-electron chi connectivity index (χ3n) is 19.5. The highest BCUT2D eigenvalue weighted by molar-refractivity contribution is 5.92. The molecule has 3 nitrogen and oxygen atoms in total. The Morgan fingerprint density at radius 1 is 0.286 bits per heavy atom. The predicted molar refractivity (Wildman–Crippen MR) is 392 cm³/mol. The van der Waals surface area contributed by atoms with Crippen LogP contribution in [0.15, 0.2) is 341 Å². The van der Waals surface area contributed by atoms with Gasteiger partial charge in [0.2, 0.25) is 0 Å². The van der Waals surface area contributed by atoms with Gasteiger partial charge < -0.3 is 14.5 Å². The van der Waals surface area contributed by atoms with E-state index >= 15 is 8.78 Å². The van der Waals surface area contributed by atoms with E-state index in [0.29, 0.717) is 11.5 Å². The Balaban J connectivity index is 0.763. The second kappa shape index (κ2) is 25.1. The second-order valence-electron chi connectivity index (χ2n) is 25.0. The minimum Gasteiger partial charge on any atom is -0.457 e. The fourth-order valence-corrected chi connectivity index (χ4v) is 14.9. The molecule has 0 radical (unpaired) electrons. The van der Waals surface area contributed by atoms with Crippen molar-refractivity contribution < 1.29 is 22.3 Å². The zero-order valence-electron chi connectivity index (χ0n) is 53.3. The summed E-state index contributed by atoms with van der Waals surface area (Å²) in [5.41, 5.74) is 21.8. The van der Waals surface area contributed by atoms with Crippen molar-refractivity contribution in [2.24, 2.45) is 0 Å². The van der Waals surface area contributed by atoms with Crippen LogP contribution < -0.4 is 14.5 Å². The zero-order valence-corrected chi connectivity index (χ0v) is 53.3. The molecule has 2 aliphatic carbocycles. The van der Waals surface area contributed by atoms with Crippen molar-refractivity contribution in [3.63, 3.8) is 0 Å². The Morgan fingerprint density at radius 3 is 0.949 bits per heavy atom. The molecule has 2 atom stereocenters. The highest BCUT2D eigenvalue weighted by Crippen LogP contribution is 2.60. The van der Waals surface area contributed by atoms with Crippen molar-refractivity contribution in [1.82, 2.24) is 0 Å². The van der Waals surface area contributed by atoms with E-state index in [1.165, 1.54) is 42.0 Å². The molecule has 98 heavy (non-hydrogen) atoms. The molecule has 470 valence electrons. The Morgan fingerprint density at radius 2 is 0.571 bits per heavy atom. The van der Waals surface area contributed by atoms with E-state index in [-0.39, 0.29) is 23.3 Å². The van der Waals surface area contributed by atoms with Gasteiger partial charge in [-0.25, -0.2) is 17.6 Å². The molecule has 0 aliphatic heterocycles. The van der Waals surface area contributed by atoms with Gasteiger partial charge in [0.15, 0.2) is 0 Å². The lowest BCUT2D eigenvalue weighted by molar-refractivity contribution is 0.482. The van der Waals surface area contributed by atoms with E-state index < -0.39 is 10.8 Å². The highest BCUT2D eigenvalue weighted by Gasteiger charge is 2.48. The van der Waals surface area contributed by atoms with Gasteiger partial charge >= 0.3 is 0 Å². The lowest BCUT2D eigenvalue weighted by atomic mass is 9.67. The molecule has 0 amide bonds. The number of hydrogen-bond acceptors (Lipinski definition) is 3. The van der Waals surface area contributed by atoms with Crippen LogP contribution in [0.3, 0.4) is 0 Å². The van der Waals surface area contributed by atoms with Gasteiger partial charge in [0.1, 0.15) is 34.8 Å². The van der Waals surface area contributed by atoms with E-state index in [0.717, 1.165) is 135 Å². The normalized spacial score (nSPS) is 14.7. The maximum absolute atomic E-state index is 15.1. The highest BCUT2D eigenvalue weighted by atomic mass is 19.1. The lowest BCUT2D eigenvalue weighted by Crippen LogP contribution is -2.29. The van der Waals surface area contributed by atoms with Gasteiger partial charge in [-0.15, -0.1) is 0 Å². The zero-order chi connectivity index (χ0) is 66.5. The van der Waals surface area contributed by atoms with Crippen LogP contribution in [0.2, 0.25) is 0 Å². The molecule has 2 unspecified atom stereocenters. The van der Waals surface area contributed by atoms with E-state index in [4.69, 9.17) is 4.74 Å². The topological polar surface area (TPSA) is 15.7 Å². The van der Waals surface area contributed by atoms with Crippen LogP contribution in [0.5, 0.6) is 11.5 Å². The fourth-order valence-electron chi connectivity index (χ4n) is 14.9. The quantitative estimate of drug-likeness (QED) is 0.0845. The predicted octanol–water partition coefficient (Wildman–Crippen LogP) is 24.2. The Bertz CT molecular complexity index is 4950. The third-order valence-corrected chi connectivity index (χ3v) is 19.5. The first kappa shape index (κ1) is 60.6. The summed E-state index contributed by atoms with van der Waals surface area (Å²) in [6, 6.07) is 107. The molecule has 16 rings (SSSR count). The summed E-state index contributed by atoms with van der Waals surface area (Å²) < 4.78 is 66.5. The summed E-state index contributed by atoms with van der Waals surface area (Å²) in [5.74, 6) is 0.0150. The van der Waals surface area contributed by atoms with Crippen molar-refractivity contribution in [2.75, 3.05) is 9.80 Å². The van der Waals surface area contributed by atoms with Gasteiger partial charge in [-0.05, 0) is 252 Å². The maximum Gasteiger partial charge on any atom is 0.127 e. The van der Waals surface area contributed by atoms with Gasteiger partial charge in [0, 0.05) is 34.1 Å². The van der Waals surface area contributed by atoms with Gasteiger partial charge in [-0.1, -0.05) is 207 Å². The van der Waals surface area contributed by atoms with Crippen molar-refractivity contribution >= 4 is 46.3 Å². The minimum atomic E-state index is -0.898. The molecule has 0 spiro atoms. The van der Waals surface area contributed by atoms with Gasteiger partial charge in [-0.3, -0.25) is 0 Å². The number of fused-ring (bicyclic) bond motifs is 6. The van der Waals surface area contributed by atoms with E-state index in [2.05, 4.69) is 217 Å². The first-order valence-electron chi connectivity index (χ1n) is 32.7. The summed E-state index contributed by atoms with van der Waals surface area (Å²) in [6.07, 6.45) is 4.40. The number of ether oxygens (including phenoxy) is 1. The van der Waals surface area contributed by atoms with Crippen LogP contribution in [-0.2, 0) is 17.3 Å². The molecule has 0 saturated carbocycles. The van der Waals surface area contributed by atoms with Crippen LogP contribution >= 0.6 is 0 Å². The molecule has 0 fully saturated rings. The Labute approximate surface area is 568 Å². The standard InChI is InChI=1S/C91H62F4N2O/c1-3-60-13-15-62(16-14-60)57-63-17-25-66(26-18-63)90(67-27-33-70(92)34-28-67)86-11-7-5-9-82(86)84-55-49-78(58-88(84)90)96(76-45-37-72(94)38-46-76)74-41-21-64(22-42-74)65-23-43-75(44-24-65)97(77-47-39-73(95)40-48-77)79-50-56-85-83-10-6-8-12-87(83)91(89(85)59-79,68-29-35-71(93)36-30-68)69-31-53-81(54-32-69)98-80-51-19-61(4-2)20-52-80/h3-56,58-59H,1-2,57H2. The smallest absolute Gasteiger partial charge is 0.127 e. The summed E-state index contributed by atoms with van der Waals surface area (Å²) in [4.78, 5) is 4.29. The average Bonchev–Trinajstić information content (AvgIpc) is 1.52. The first-order chi connectivity index (χ1) is 48.0. The number of halogens is 4. The van der Waals surface area contributed by atoms with Crippen LogP contribution in [0.4, 0.5) is 51.7 Å². The molecule has 14 aromatic rings. The van der Waals surface area contributed by atoms with Crippen molar-refractivity contribution in [3.8, 4) is 44.9 Å². The summed E-state index contributed by atoms with van der Waals surface area (Å²) in [6.45, 7) is 7.81. The van der Waals surface area contributed by atoms with Gasteiger partial charge in [-0.2, -0.15) is 0 Å². The molecule has 0 N–H and O–H groups in total. The summed E-state index contributed by atoms with van der Waals surface area (Å²) in [5, 5.41) is 0. The van der Waals surface area contributed by atoms with E-state index in [9.17, 15) is 8.78 Å². The molecule has 0 saturated heterocycles. The van der Waals surface area contributed by atoms with Crippen molar-refractivity contribution in [1.29, 1.82) is 0 Å². The minimum absolute atomic E-state index is 0.317. The van der Waals surface area contributed by atoms with Crippen LogP contribution in [-0.4, -0.2) is 0 Å². The van der Waals surface area contributed by atoms with E-state index in [1.54, 1.807) is 42.5 Å². The van der Waals surface area contributed by atoms with Gasteiger partial charge in [0.05, 0.1) is 10.8 Å². The molecule has 14 aromatic carbocycles. The maximum atomic E-state index is 15.1. The molecule has 0 bridgehead atoms. The summed E-state index contributed by atoms with van der Waals surface area (Å²) >= 11 is 0. The number of rotatable bonds is 17. The Hall–Kier alpha value is -12.3. The van der Waals surface area contributed by atoms with E-state index in [1.807, 2.05) is 66.7 Å². The molecule has 7 heteroatoms. The monoisotopic (exact) mass is 1270 g/mol. The molecular formula is C91H62F4N2O. The number of benzene rings is 14. The van der Waals surface area contributed by atoms with Crippen LogP contribution in [0.1, 0.15) is 66.8 Å². The molecular weight excluding hydrogens is 1210 g/mol. The second-order valence-corrected chi connectivity index (χ2v) is 25.0. The molecule has 0 heterocycles. The largest absolute Gasteiger partial charge is 0.457 e. The number of nitrogens with zero attached hydrogens (tertiary/aromatic N) is 2. The fraction of sp³-hybridized carbons (Fsp3) is 0.0330. The van der Waals surface area contributed by atoms with Crippen molar-refractivity contribution in [3.05, 3.63) is 431 Å². The van der Waals surface area contributed by atoms with Crippen LogP contribution in [0, 0.1) is 23.3 Å². The number of hydrogen-bond donors (Lipinski definition) is 0. The van der Waals surface area contributed by atoms with Gasteiger partial charge in [0.25, 0.3) is 0 Å². The SMILES string of the molecule is C=Cc1ccc(Cc2ccc(C3(c4ccc(F)cc4)c4ccccc4-c4ccc(N(c5ccc(F)cc5)c5ccc(-c6ccc(N(c7ccc(F)cc7)c7ccc8c(c7)C(c7ccc(F)cc7)(c7ccc(Oc9ccc(C=C)cc9)cc7)c7ccccc7-8)cc6)cc5)cc43)cc2)cc1. The van der Waals surface area contributed by atoms with Crippen molar-refractivity contribution in [2.45, 2.75) is 17.3 Å².